The van der Waals surface area contributed by atoms with Gasteiger partial charge in [0.15, 0.2) is 0 Å². The van der Waals surface area contributed by atoms with Crippen molar-refractivity contribution in [1.82, 2.24) is 4.90 Å². The number of likely N-dealkylation sites (N-methyl/N-ethyl adjacent to an activating group) is 1. The number of hydrogen-bond donors (Lipinski definition) is 1. The number of allylic oxidation sites excluding steroid dienone is 2. The third-order valence-corrected chi connectivity index (χ3v) is 4.62. The van der Waals surface area contributed by atoms with Crippen LogP contribution in [0.3, 0.4) is 0 Å². The van der Waals surface area contributed by atoms with E-state index < -0.39 is 0 Å². The highest BCUT2D eigenvalue weighted by Gasteiger charge is 2.25. The summed E-state index contributed by atoms with van der Waals surface area (Å²) < 4.78 is 0. The van der Waals surface area contributed by atoms with E-state index in [-0.39, 0.29) is 5.54 Å². The molecule has 2 aromatic rings. The van der Waals surface area contributed by atoms with Gasteiger partial charge in [-0.05, 0) is 68.8 Å². The monoisotopic (exact) mass is 332 g/mol. The van der Waals surface area contributed by atoms with Gasteiger partial charge in [-0.15, -0.1) is 0 Å². The molecule has 0 amide bonds. The zero-order chi connectivity index (χ0) is 17.9. The van der Waals surface area contributed by atoms with E-state index in [0.717, 1.165) is 18.7 Å². The second kappa shape index (κ2) is 7.28. The summed E-state index contributed by atoms with van der Waals surface area (Å²) in [5.41, 5.74) is 6.50. The van der Waals surface area contributed by atoms with Gasteiger partial charge in [-0.3, -0.25) is 0 Å². The van der Waals surface area contributed by atoms with Crippen LogP contribution >= 0.6 is 0 Å². The van der Waals surface area contributed by atoms with Gasteiger partial charge in [0.25, 0.3) is 0 Å². The van der Waals surface area contributed by atoms with Crippen molar-refractivity contribution >= 4 is 11.3 Å². The van der Waals surface area contributed by atoms with E-state index >= 15 is 0 Å². The van der Waals surface area contributed by atoms with Gasteiger partial charge in [0.1, 0.15) is 0 Å². The molecule has 25 heavy (non-hydrogen) atoms. The highest BCUT2D eigenvalue weighted by Crippen LogP contribution is 2.35. The van der Waals surface area contributed by atoms with E-state index in [4.69, 9.17) is 0 Å². The van der Waals surface area contributed by atoms with Crippen LogP contribution in [0.4, 0.5) is 5.69 Å². The van der Waals surface area contributed by atoms with E-state index in [1.807, 2.05) is 6.07 Å². The molecular formula is C23H28N2. The molecule has 0 saturated carbocycles. The van der Waals surface area contributed by atoms with Crippen molar-refractivity contribution in [1.29, 1.82) is 0 Å². The molecule has 0 heterocycles. The number of nitrogens with one attached hydrogen (secondary N) is 1. The lowest BCUT2D eigenvalue weighted by molar-refractivity contribution is 0.449. The van der Waals surface area contributed by atoms with E-state index in [9.17, 15) is 0 Å². The number of para-hydroxylation sites is 1. The molecule has 130 valence electrons. The molecule has 0 aliphatic heterocycles. The quantitative estimate of drug-likeness (QED) is 0.771. The first kappa shape index (κ1) is 17.5. The SMILES string of the molecule is CN(C)CC1=CCC(c2ccccc2C(C)(C)Nc2ccccc2)=C1. The molecule has 1 N–H and O–H groups in total. The van der Waals surface area contributed by atoms with Gasteiger partial charge in [0.2, 0.25) is 0 Å². The smallest absolute Gasteiger partial charge is 0.0575 e. The summed E-state index contributed by atoms with van der Waals surface area (Å²) in [4.78, 5) is 2.22. The highest BCUT2D eigenvalue weighted by molar-refractivity contribution is 5.76. The lowest BCUT2D eigenvalue weighted by atomic mass is 9.86. The Morgan fingerprint density at radius 2 is 1.64 bits per heavy atom. The molecule has 3 rings (SSSR count). The molecule has 0 unspecified atom stereocenters. The van der Waals surface area contributed by atoms with Gasteiger partial charge in [0.05, 0.1) is 5.54 Å². The molecular weight excluding hydrogens is 304 g/mol. The van der Waals surface area contributed by atoms with Crippen LogP contribution in [0, 0.1) is 0 Å². The highest BCUT2D eigenvalue weighted by atomic mass is 15.0. The minimum atomic E-state index is -0.150. The minimum absolute atomic E-state index is 0.150. The van der Waals surface area contributed by atoms with Gasteiger partial charge in [-0.25, -0.2) is 0 Å². The largest absolute Gasteiger partial charge is 0.376 e. The molecule has 0 bridgehead atoms. The summed E-state index contributed by atoms with van der Waals surface area (Å²) in [5.74, 6) is 0. The standard InChI is InChI=1S/C23H28N2/c1-23(2,24-20-10-6-5-7-11-20)22-13-9-8-12-21(22)19-15-14-18(16-19)17-25(3)4/h5-14,16,24H,15,17H2,1-4H3. The molecule has 0 saturated heterocycles. The first-order valence-corrected chi connectivity index (χ1v) is 8.93. The second-order valence-corrected chi connectivity index (χ2v) is 7.55. The van der Waals surface area contributed by atoms with Gasteiger partial charge in [0, 0.05) is 12.2 Å². The maximum absolute atomic E-state index is 3.69. The topological polar surface area (TPSA) is 15.3 Å². The van der Waals surface area contributed by atoms with Crippen molar-refractivity contribution in [2.45, 2.75) is 25.8 Å². The Morgan fingerprint density at radius 1 is 0.960 bits per heavy atom. The lowest BCUT2D eigenvalue weighted by Crippen LogP contribution is -2.29. The normalized spacial score (nSPS) is 14.4. The Labute approximate surface area is 151 Å². The third kappa shape index (κ3) is 4.21. The van der Waals surface area contributed by atoms with E-state index in [1.165, 1.54) is 22.3 Å². The molecule has 0 radical (unpaired) electrons. The van der Waals surface area contributed by atoms with Crippen molar-refractivity contribution in [2.75, 3.05) is 26.0 Å². The van der Waals surface area contributed by atoms with E-state index in [2.05, 4.69) is 98.8 Å². The fourth-order valence-electron chi connectivity index (χ4n) is 3.50. The summed E-state index contributed by atoms with van der Waals surface area (Å²) in [7, 11) is 4.24. The molecule has 0 aromatic heterocycles. The van der Waals surface area contributed by atoms with Crippen LogP contribution in [0.25, 0.3) is 5.57 Å². The molecule has 0 atom stereocenters. The maximum atomic E-state index is 3.69. The van der Waals surface area contributed by atoms with Gasteiger partial charge in [-0.1, -0.05) is 54.6 Å². The summed E-state index contributed by atoms with van der Waals surface area (Å²) in [6.45, 7) is 5.50. The van der Waals surface area contributed by atoms with Crippen LogP contribution in [0.1, 0.15) is 31.4 Å². The molecule has 2 heteroatoms. The van der Waals surface area contributed by atoms with Crippen LogP contribution in [0.5, 0.6) is 0 Å². The van der Waals surface area contributed by atoms with Crippen LogP contribution in [0.2, 0.25) is 0 Å². The number of hydrogen-bond acceptors (Lipinski definition) is 2. The summed E-state index contributed by atoms with van der Waals surface area (Å²) in [6.07, 6.45) is 5.72. The van der Waals surface area contributed by atoms with Gasteiger partial charge < -0.3 is 10.2 Å². The van der Waals surface area contributed by atoms with Crippen LogP contribution in [-0.4, -0.2) is 25.5 Å². The minimum Gasteiger partial charge on any atom is -0.376 e. The average Bonchev–Trinajstić information content (AvgIpc) is 3.03. The van der Waals surface area contributed by atoms with E-state index in [1.54, 1.807) is 0 Å². The second-order valence-electron chi connectivity index (χ2n) is 7.55. The molecule has 2 nitrogen and oxygen atoms in total. The molecule has 1 aliphatic rings. The molecule has 0 fully saturated rings. The average molecular weight is 332 g/mol. The first-order chi connectivity index (χ1) is 12.0. The number of anilines is 1. The Balaban J connectivity index is 1.89. The fourth-order valence-corrected chi connectivity index (χ4v) is 3.50. The van der Waals surface area contributed by atoms with Crippen LogP contribution in [0.15, 0.2) is 72.3 Å². The lowest BCUT2D eigenvalue weighted by Gasteiger charge is -2.31. The third-order valence-electron chi connectivity index (χ3n) is 4.62. The summed E-state index contributed by atoms with van der Waals surface area (Å²) in [6, 6.07) is 19.2. The van der Waals surface area contributed by atoms with Crippen LogP contribution in [-0.2, 0) is 5.54 Å². The number of rotatable bonds is 6. The molecule has 0 spiro atoms. The maximum Gasteiger partial charge on any atom is 0.0575 e. The Hall–Kier alpha value is -2.32. The van der Waals surface area contributed by atoms with E-state index in [0.29, 0.717) is 0 Å². The fraction of sp³-hybridized carbons (Fsp3) is 0.304. The van der Waals surface area contributed by atoms with Gasteiger partial charge >= 0.3 is 0 Å². The Bertz CT molecular complexity index is 783. The van der Waals surface area contributed by atoms with Crippen molar-refractivity contribution in [2.24, 2.45) is 0 Å². The van der Waals surface area contributed by atoms with Gasteiger partial charge in [-0.2, -0.15) is 0 Å². The molecule has 1 aliphatic carbocycles. The predicted molar refractivity (Wildman–Crippen MR) is 109 cm³/mol. The van der Waals surface area contributed by atoms with Crippen molar-refractivity contribution in [3.05, 3.63) is 83.4 Å². The summed E-state index contributed by atoms with van der Waals surface area (Å²) >= 11 is 0. The van der Waals surface area contributed by atoms with Crippen molar-refractivity contribution < 1.29 is 0 Å². The summed E-state index contributed by atoms with van der Waals surface area (Å²) in [5, 5.41) is 3.69. The molecule has 2 aromatic carbocycles. The zero-order valence-corrected chi connectivity index (χ0v) is 15.7. The van der Waals surface area contributed by atoms with Crippen molar-refractivity contribution in [3.8, 4) is 0 Å². The number of benzene rings is 2. The first-order valence-electron chi connectivity index (χ1n) is 8.93. The van der Waals surface area contributed by atoms with Crippen molar-refractivity contribution in [3.63, 3.8) is 0 Å². The number of nitrogens with zero attached hydrogens (tertiary/aromatic N) is 1. The Kier molecular flexibility index (Phi) is 5.10. The predicted octanol–water partition coefficient (Wildman–Crippen LogP) is 5.31. The van der Waals surface area contributed by atoms with Crippen LogP contribution < -0.4 is 5.32 Å². The zero-order valence-electron chi connectivity index (χ0n) is 15.7. The Morgan fingerprint density at radius 3 is 2.36 bits per heavy atom.